The van der Waals surface area contributed by atoms with Gasteiger partial charge in [0.25, 0.3) is 0 Å². The van der Waals surface area contributed by atoms with E-state index in [2.05, 4.69) is 12.2 Å². The molecule has 1 N–H and O–H groups in total. The number of carbonyl (C=O) groups is 1. The summed E-state index contributed by atoms with van der Waals surface area (Å²) >= 11 is 0. The Morgan fingerprint density at radius 2 is 2.31 bits per heavy atom. The number of rotatable bonds is 1. The minimum atomic E-state index is -0.488. The van der Waals surface area contributed by atoms with Gasteiger partial charge in [0.15, 0.2) is 5.72 Å². The van der Waals surface area contributed by atoms with Crippen LogP contribution in [0.5, 0.6) is 0 Å². The highest BCUT2D eigenvalue weighted by molar-refractivity contribution is 5.74. The maximum absolute atomic E-state index is 11.3. The fraction of sp³-hybridized carbons (Fsp3) is 0.889. The molecule has 0 aromatic rings. The summed E-state index contributed by atoms with van der Waals surface area (Å²) < 4.78 is 5.34. The van der Waals surface area contributed by atoms with E-state index in [-0.39, 0.29) is 5.91 Å². The minimum Gasteiger partial charge on any atom is -0.358 e. The maximum Gasteiger partial charge on any atom is 0.221 e. The molecule has 76 valence electrons. The fourth-order valence-corrected chi connectivity index (χ4v) is 1.63. The summed E-state index contributed by atoms with van der Waals surface area (Å²) in [6.45, 7) is 6.96. The molecule has 0 unspecified atom stereocenters. The van der Waals surface area contributed by atoms with Crippen LogP contribution in [0.25, 0.3) is 0 Å². The van der Waals surface area contributed by atoms with Crippen molar-refractivity contribution < 1.29 is 9.53 Å². The molecule has 2 atom stereocenters. The second-order valence-corrected chi connectivity index (χ2v) is 3.79. The highest BCUT2D eigenvalue weighted by atomic mass is 16.5. The van der Waals surface area contributed by atoms with Gasteiger partial charge in [0, 0.05) is 33.2 Å². The summed E-state index contributed by atoms with van der Waals surface area (Å²) in [6.07, 6.45) is 0. The molecule has 0 aromatic heterocycles. The van der Waals surface area contributed by atoms with Crippen LogP contribution in [-0.2, 0) is 9.53 Å². The van der Waals surface area contributed by atoms with E-state index in [1.54, 1.807) is 18.9 Å². The summed E-state index contributed by atoms with van der Waals surface area (Å²) in [7, 11) is 1.63. The summed E-state index contributed by atoms with van der Waals surface area (Å²) in [5.41, 5.74) is -0.488. The first kappa shape index (κ1) is 10.5. The van der Waals surface area contributed by atoms with Crippen molar-refractivity contribution in [2.45, 2.75) is 32.5 Å². The fourth-order valence-electron chi connectivity index (χ4n) is 1.63. The molecule has 0 aliphatic carbocycles. The number of hydrogen-bond donors (Lipinski definition) is 1. The Morgan fingerprint density at radius 1 is 1.69 bits per heavy atom. The predicted octanol–water partition coefficient (Wildman–Crippen LogP) is 0.189. The molecule has 1 fully saturated rings. The summed E-state index contributed by atoms with van der Waals surface area (Å²) in [6, 6.07) is 0.340. The Morgan fingerprint density at radius 3 is 2.77 bits per heavy atom. The Hall–Kier alpha value is -0.610. The molecular weight excluding hydrogens is 168 g/mol. The van der Waals surface area contributed by atoms with E-state index in [4.69, 9.17) is 4.74 Å². The lowest BCUT2D eigenvalue weighted by Crippen LogP contribution is -2.64. The van der Waals surface area contributed by atoms with Crippen LogP contribution < -0.4 is 5.32 Å². The van der Waals surface area contributed by atoms with Crippen molar-refractivity contribution in [2.75, 3.05) is 20.2 Å². The number of nitrogens with zero attached hydrogens (tertiary/aromatic N) is 1. The average Bonchev–Trinajstić information content (AvgIpc) is 2.09. The van der Waals surface area contributed by atoms with Gasteiger partial charge in [0.05, 0.1) is 0 Å². The average molecular weight is 186 g/mol. The number of ether oxygens (including phenoxy) is 1. The van der Waals surface area contributed by atoms with Crippen LogP contribution in [0.4, 0.5) is 0 Å². The van der Waals surface area contributed by atoms with Crippen molar-refractivity contribution in [1.82, 2.24) is 10.2 Å². The van der Waals surface area contributed by atoms with E-state index in [0.717, 1.165) is 0 Å². The van der Waals surface area contributed by atoms with E-state index < -0.39 is 5.72 Å². The van der Waals surface area contributed by atoms with E-state index >= 15 is 0 Å². The van der Waals surface area contributed by atoms with Gasteiger partial charge in [-0.25, -0.2) is 0 Å². The second-order valence-electron chi connectivity index (χ2n) is 3.79. The third-order valence-electron chi connectivity index (χ3n) is 2.63. The van der Waals surface area contributed by atoms with E-state index in [9.17, 15) is 4.79 Å². The molecule has 0 radical (unpaired) electrons. The largest absolute Gasteiger partial charge is 0.358 e. The zero-order chi connectivity index (χ0) is 10.1. The Labute approximate surface area is 79.2 Å². The molecule has 0 spiro atoms. The molecule has 1 rings (SSSR count). The highest BCUT2D eigenvalue weighted by Gasteiger charge is 2.38. The van der Waals surface area contributed by atoms with Crippen molar-refractivity contribution in [3.05, 3.63) is 0 Å². The van der Waals surface area contributed by atoms with Gasteiger partial charge < -0.3 is 15.0 Å². The first-order valence-corrected chi connectivity index (χ1v) is 4.56. The monoisotopic (exact) mass is 186 g/mol. The number of hydrogen-bond acceptors (Lipinski definition) is 3. The lowest BCUT2D eigenvalue weighted by molar-refractivity contribution is -0.168. The molecular formula is C9H18N2O2. The third-order valence-corrected chi connectivity index (χ3v) is 2.63. The van der Waals surface area contributed by atoms with Crippen LogP contribution in [-0.4, -0.2) is 42.8 Å². The van der Waals surface area contributed by atoms with Crippen molar-refractivity contribution in [2.24, 2.45) is 0 Å². The molecule has 1 amide bonds. The summed E-state index contributed by atoms with van der Waals surface area (Å²) in [5, 5.41) is 3.29. The number of piperazine rings is 1. The third kappa shape index (κ3) is 2.00. The van der Waals surface area contributed by atoms with Gasteiger partial charge in [0.1, 0.15) is 0 Å². The number of methoxy groups -OCH3 is 1. The quantitative estimate of drug-likeness (QED) is 0.635. The second kappa shape index (κ2) is 3.64. The van der Waals surface area contributed by atoms with Crippen LogP contribution in [0.2, 0.25) is 0 Å². The van der Waals surface area contributed by atoms with Gasteiger partial charge in [-0.05, 0) is 13.8 Å². The number of nitrogens with one attached hydrogen (secondary N) is 1. The van der Waals surface area contributed by atoms with Crippen LogP contribution in [0.3, 0.4) is 0 Å². The van der Waals surface area contributed by atoms with Crippen LogP contribution in [0.1, 0.15) is 20.8 Å². The van der Waals surface area contributed by atoms with Gasteiger partial charge in [-0.2, -0.15) is 0 Å². The first-order valence-electron chi connectivity index (χ1n) is 4.56. The molecule has 1 heterocycles. The van der Waals surface area contributed by atoms with Crippen molar-refractivity contribution in [1.29, 1.82) is 0 Å². The van der Waals surface area contributed by atoms with Gasteiger partial charge in [-0.3, -0.25) is 4.79 Å². The summed E-state index contributed by atoms with van der Waals surface area (Å²) in [4.78, 5) is 13.1. The van der Waals surface area contributed by atoms with Crippen LogP contribution in [0, 0.1) is 0 Å². The standard InChI is InChI=1S/C9H18N2O2/c1-7-5-11(8(2)12)9(3,13-4)6-10-7/h7,10H,5-6H2,1-4H3/t7-,9-/m1/s1. The topological polar surface area (TPSA) is 41.6 Å². The predicted molar refractivity (Wildman–Crippen MR) is 50.3 cm³/mol. The van der Waals surface area contributed by atoms with Crippen molar-refractivity contribution in [3.63, 3.8) is 0 Å². The van der Waals surface area contributed by atoms with Crippen molar-refractivity contribution in [3.8, 4) is 0 Å². The SMILES string of the molecule is CO[C@]1(C)CN[C@H](C)CN1C(C)=O. The van der Waals surface area contributed by atoms with E-state index in [0.29, 0.717) is 19.1 Å². The molecule has 4 heteroatoms. The molecule has 1 aliphatic rings. The van der Waals surface area contributed by atoms with Gasteiger partial charge >= 0.3 is 0 Å². The van der Waals surface area contributed by atoms with Gasteiger partial charge in [-0.15, -0.1) is 0 Å². The Bertz CT molecular complexity index is 208. The van der Waals surface area contributed by atoms with Gasteiger partial charge in [0.2, 0.25) is 5.91 Å². The summed E-state index contributed by atoms with van der Waals surface area (Å²) in [5.74, 6) is 0.0673. The minimum absolute atomic E-state index is 0.0673. The normalized spacial score (nSPS) is 34.8. The van der Waals surface area contributed by atoms with Gasteiger partial charge in [-0.1, -0.05) is 0 Å². The Balaban J connectivity index is 2.77. The van der Waals surface area contributed by atoms with Crippen LogP contribution >= 0.6 is 0 Å². The number of carbonyl (C=O) groups excluding carboxylic acids is 1. The molecule has 13 heavy (non-hydrogen) atoms. The van der Waals surface area contributed by atoms with Crippen molar-refractivity contribution >= 4 is 5.91 Å². The number of amides is 1. The Kier molecular flexibility index (Phi) is 2.93. The molecule has 4 nitrogen and oxygen atoms in total. The van der Waals surface area contributed by atoms with Crippen LogP contribution in [0.15, 0.2) is 0 Å². The van der Waals surface area contributed by atoms with E-state index in [1.165, 1.54) is 0 Å². The zero-order valence-electron chi connectivity index (χ0n) is 8.76. The smallest absolute Gasteiger partial charge is 0.221 e. The van der Waals surface area contributed by atoms with E-state index in [1.807, 2.05) is 6.92 Å². The molecule has 0 saturated carbocycles. The molecule has 1 aliphatic heterocycles. The lowest BCUT2D eigenvalue weighted by Gasteiger charge is -2.45. The first-order chi connectivity index (χ1) is 5.99. The molecule has 0 bridgehead atoms. The molecule has 0 aromatic carbocycles. The zero-order valence-corrected chi connectivity index (χ0v) is 8.76. The lowest BCUT2D eigenvalue weighted by atomic mass is 10.1. The molecule has 1 saturated heterocycles. The maximum atomic E-state index is 11.3. The highest BCUT2D eigenvalue weighted by Crippen LogP contribution is 2.19.